The van der Waals surface area contributed by atoms with E-state index in [2.05, 4.69) is 5.32 Å². The minimum Gasteiger partial charge on any atom is -0.378 e. The average Bonchev–Trinajstić information content (AvgIpc) is 2.58. The first kappa shape index (κ1) is 6.62. The second kappa shape index (κ2) is 2.21. The second-order valence-electron chi connectivity index (χ2n) is 3.46. The van der Waals surface area contributed by atoms with Crippen molar-refractivity contribution in [3.8, 4) is 0 Å². The van der Waals surface area contributed by atoms with E-state index in [0.717, 1.165) is 5.92 Å². The minimum atomic E-state index is 0.309. The lowest BCUT2D eigenvalue weighted by Gasteiger charge is -2.19. The molecule has 1 aliphatic heterocycles. The van der Waals surface area contributed by atoms with E-state index in [1.165, 1.54) is 32.4 Å². The summed E-state index contributed by atoms with van der Waals surface area (Å²) in [5, 5.41) is 3.37. The third-order valence-corrected chi connectivity index (χ3v) is 2.95. The molecule has 0 aromatic heterocycles. The molecule has 2 rings (SSSR count). The number of nitrogens with one attached hydrogen (secondary N) is 1. The Morgan fingerprint density at radius 2 is 2.30 bits per heavy atom. The molecule has 10 heavy (non-hydrogen) atoms. The van der Waals surface area contributed by atoms with Gasteiger partial charge in [0.2, 0.25) is 0 Å². The summed E-state index contributed by atoms with van der Waals surface area (Å²) in [5.74, 6) is 0.803. The maximum absolute atomic E-state index is 5.49. The third-order valence-electron chi connectivity index (χ3n) is 2.95. The minimum absolute atomic E-state index is 0.309. The zero-order chi connectivity index (χ0) is 7.03. The molecule has 1 saturated carbocycles. The molecule has 1 aliphatic carbocycles. The summed E-state index contributed by atoms with van der Waals surface area (Å²) in [4.78, 5) is 0. The highest BCUT2D eigenvalue weighted by Crippen LogP contribution is 2.47. The van der Waals surface area contributed by atoms with Gasteiger partial charge in [-0.2, -0.15) is 0 Å². The largest absolute Gasteiger partial charge is 0.378 e. The van der Waals surface area contributed by atoms with Crippen molar-refractivity contribution in [3.63, 3.8) is 0 Å². The van der Waals surface area contributed by atoms with Crippen molar-refractivity contribution in [3.05, 3.63) is 0 Å². The summed E-state index contributed by atoms with van der Waals surface area (Å²) in [6.45, 7) is 2.36. The molecule has 1 heterocycles. The predicted octanol–water partition coefficient (Wildman–Crippen LogP) is 0.775. The Hall–Kier alpha value is -0.0800. The van der Waals surface area contributed by atoms with Gasteiger partial charge in [-0.15, -0.1) is 0 Å². The van der Waals surface area contributed by atoms with Gasteiger partial charge in [-0.3, -0.25) is 0 Å². The van der Waals surface area contributed by atoms with E-state index in [1.54, 1.807) is 0 Å². The fourth-order valence-electron chi connectivity index (χ4n) is 2.01. The van der Waals surface area contributed by atoms with Crippen LogP contribution in [0.3, 0.4) is 0 Å². The summed E-state index contributed by atoms with van der Waals surface area (Å²) in [6.07, 6.45) is 3.89. The van der Waals surface area contributed by atoms with Gasteiger partial charge in [0.1, 0.15) is 0 Å². The van der Waals surface area contributed by atoms with Gasteiger partial charge >= 0.3 is 0 Å². The van der Waals surface area contributed by atoms with E-state index in [-0.39, 0.29) is 0 Å². The molecule has 0 bridgehead atoms. The fourth-order valence-corrected chi connectivity index (χ4v) is 2.01. The highest BCUT2D eigenvalue weighted by Gasteiger charge is 2.50. The van der Waals surface area contributed by atoms with Crippen molar-refractivity contribution in [1.29, 1.82) is 0 Å². The standard InChI is InChI=1S/C8H15NO/c1-10-8(3-4-8)7-2-5-9-6-7/h7,9H,2-6H2,1H3. The van der Waals surface area contributed by atoms with Crippen molar-refractivity contribution < 1.29 is 4.74 Å². The molecule has 2 nitrogen and oxygen atoms in total. The number of hydrogen-bond acceptors (Lipinski definition) is 2. The highest BCUT2D eigenvalue weighted by atomic mass is 16.5. The Balaban J connectivity index is 1.96. The first-order valence-corrected chi connectivity index (χ1v) is 4.13. The Kier molecular flexibility index (Phi) is 1.46. The Morgan fingerprint density at radius 3 is 2.70 bits per heavy atom. The molecule has 0 radical (unpaired) electrons. The number of rotatable bonds is 2. The topological polar surface area (TPSA) is 21.3 Å². The van der Waals surface area contributed by atoms with Gasteiger partial charge < -0.3 is 10.1 Å². The van der Waals surface area contributed by atoms with Crippen molar-refractivity contribution >= 4 is 0 Å². The van der Waals surface area contributed by atoms with Gasteiger partial charge in [-0.1, -0.05) is 0 Å². The molecule has 2 aliphatic rings. The first-order valence-electron chi connectivity index (χ1n) is 4.13. The zero-order valence-electron chi connectivity index (χ0n) is 6.52. The highest BCUT2D eigenvalue weighted by molar-refractivity contribution is 5.03. The Bertz CT molecular complexity index is 125. The van der Waals surface area contributed by atoms with Crippen LogP contribution in [0.15, 0.2) is 0 Å². The number of methoxy groups -OCH3 is 1. The molecule has 1 atom stereocenters. The van der Waals surface area contributed by atoms with Crippen LogP contribution in [-0.2, 0) is 4.74 Å². The van der Waals surface area contributed by atoms with Gasteiger partial charge in [0.15, 0.2) is 0 Å². The van der Waals surface area contributed by atoms with Crippen molar-refractivity contribution in [1.82, 2.24) is 5.32 Å². The Labute approximate surface area is 61.9 Å². The van der Waals surface area contributed by atoms with Crippen LogP contribution in [0.4, 0.5) is 0 Å². The smallest absolute Gasteiger partial charge is 0.0721 e. The lowest BCUT2D eigenvalue weighted by atomic mass is 10.00. The lowest BCUT2D eigenvalue weighted by Crippen LogP contribution is -2.26. The molecule has 0 aromatic carbocycles. The Morgan fingerprint density at radius 1 is 1.50 bits per heavy atom. The average molecular weight is 141 g/mol. The first-order chi connectivity index (χ1) is 4.87. The van der Waals surface area contributed by atoms with Crippen LogP contribution in [0.25, 0.3) is 0 Å². The molecule has 58 valence electrons. The van der Waals surface area contributed by atoms with Crippen LogP contribution in [0.1, 0.15) is 19.3 Å². The molecule has 1 N–H and O–H groups in total. The second-order valence-corrected chi connectivity index (χ2v) is 3.46. The van der Waals surface area contributed by atoms with Crippen LogP contribution < -0.4 is 5.32 Å². The lowest BCUT2D eigenvalue weighted by molar-refractivity contribution is 0.0355. The summed E-state index contributed by atoms with van der Waals surface area (Å²) < 4.78 is 5.49. The van der Waals surface area contributed by atoms with Gasteiger partial charge in [0.05, 0.1) is 5.60 Å². The summed E-state index contributed by atoms with van der Waals surface area (Å²) in [6, 6.07) is 0. The summed E-state index contributed by atoms with van der Waals surface area (Å²) in [7, 11) is 1.85. The zero-order valence-corrected chi connectivity index (χ0v) is 6.52. The maximum atomic E-state index is 5.49. The monoisotopic (exact) mass is 141 g/mol. The van der Waals surface area contributed by atoms with Crippen LogP contribution in [0.2, 0.25) is 0 Å². The van der Waals surface area contributed by atoms with Crippen molar-refractivity contribution in [2.45, 2.75) is 24.9 Å². The van der Waals surface area contributed by atoms with Crippen LogP contribution in [0, 0.1) is 5.92 Å². The van der Waals surface area contributed by atoms with E-state index in [0.29, 0.717) is 5.60 Å². The predicted molar refractivity (Wildman–Crippen MR) is 40.0 cm³/mol. The molecule has 0 amide bonds. The van der Waals surface area contributed by atoms with Gasteiger partial charge in [-0.25, -0.2) is 0 Å². The quantitative estimate of drug-likeness (QED) is 0.613. The molecule has 1 saturated heterocycles. The molecule has 2 heteroatoms. The molecule has 0 aromatic rings. The maximum Gasteiger partial charge on any atom is 0.0721 e. The summed E-state index contributed by atoms with van der Waals surface area (Å²) >= 11 is 0. The van der Waals surface area contributed by atoms with E-state index in [1.807, 2.05) is 7.11 Å². The third kappa shape index (κ3) is 0.867. The van der Waals surface area contributed by atoms with E-state index < -0.39 is 0 Å². The van der Waals surface area contributed by atoms with Crippen LogP contribution in [-0.4, -0.2) is 25.8 Å². The van der Waals surface area contributed by atoms with Gasteiger partial charge in [-0.05, 0) is 25.8 Å². The van der Waals surface area contributed by atoms with Gasteiger partial charge in [0, 0.05) is 19.6 Å². The molecular formula is C8H15NO. The normalized spacial score (nSPS) is 36.3. The van der Waals surface area contributed by atoms with Crippen molar-refractivity contribution in [2.75, 3.05) is 20.2 Å². The summed E-state index contributed by atoms with van der Waals surface area (Å²) in [5.41, 5.74) is 0.309. The fraction of sp³-hybridized carbons (Fsp3) is 1.00. The number of ether oxygens (including phenoxy) is 1. The number of hydrogen-bond donors (Lipinski definition) is 1. The molecular weight excluding hydrogens is 126 g/mol. The van der Waals surface area contributed by atoms with Crippen molar-refractivity contribution in [2.24, 2.45) is 5.92 Å². The molecule has 2 fully saturated rings. The van der Waals surface area contributed by atoms with E-state index in [9.17, 15) is 0 Å². The molecule has 0 spiro atoms. The van der Waals surface area contributed by atoms with E-state index in [4.69, 9.17) is 4.74 Å². The molecule has 1 unspecified atom stereocenters. The van der Waals surface area contributed by atoms with Gasteiger partial charge in [0.25, 0.3) is 0 Å². The van der Waals surface area contributed by atoms with Crippen LogP contribution in [0.5, 0.6) is 0 Å². The van der Waals surface area contributed by atoms with E-state index >= 15 is 0 Å². The van der Waals surface area contributed by atoms with Crippen LogP contribution >= 0.6 is 0 Å². The SMILES string of the molecule is COC1(C2CCNC2)CC1.